The van der Waals surface area contributed by atoms with E-state index in [0.717, 1.165) is 0 Å². The molecule has 0 spiro atoms. The number of methoxy groups -OCH3 is 1. The van der Waals surface area contributed by atoms with Gasteiger partial charge in [-0.3, -0.25) is 0 Å². The van der Waals surface area contributed by atoms with Gasteiger partial charge in [-0.05, 0) is 0 Å². The SMILES string of the molecule is COC1(c2ccccc2)O[C@H](CO)[C@@H](O)[C@H](O)[C@H]1O. The molecule has 1 heterocycles. The highest BCUT2D eigenvalue weighted by Gasteiger charge is 2.54. The average molecular weight is 270 g/mol. The van der Waals surface area contributed by atoms with Crippen LogP contribution in [0.5, 0.6) is 0 Å². The highest BCUT2D eigenvalue weighted by molar-refractivity contribution is 5.23. The zero-order chi connectivity index (χ0) is 14.0. The molecule has 106 valence electrons. The van der Waals surface area contributed by atoms with Crippen LogP contribution in [0.25, 0.3) is 0 Å². The maximum atomic E-state index is 10.2. The summed E-state index contributed by atoms with van der Waals surface area (Å²) in [7, 11) is 1.33. The Kier molecular flexibility index (Phi) is 4.19. The minimum absolute atomic E-state index is 0.495. The number of hydrogen-bond donors (Lipinski definition) is 4. The van der Waals surface area contributed by atoms with Crippen molar-refractivity contribution >= 4 is 0 Å². The fourth-order valence-electron chi connectivity index (χ4n) is 2.34. The van der Waals surface area contributed by atoms with Crippen LogP contribution in [-0.2, 0) is 15.3 Å². The second-order valence-corrected chi connectivity index (χ2v) is 4.50. The molecule has 1 unspecified atom stereocenters. The summed E-state index contributed by atoms with van der Waals surface area (Å²) in [5.41, 5.74) is 0.495. The highest BCUT2D eigenvalue weighted by atomic mass is 16.7. The van der Waals surface area contributed by atoms with Gasteiger partial charge >= 0.3 is 0 Å². The van der Waals surface area contributed by atoms with Gasteiger partial charge in [0, 0.05) is 12.7 Å². The number of benzene rings is 1. The monoisotopic (exact) mass is 270 g/mol. The third kappa shape index (κ3) is 2.27. The van der Waals surface area contributed by atoms with E-state index in [2.05, 4.69) is 0 Å². The Labute approximate surface area is 110 Å². The Balaban J connectivity index is 2.43. The van der Waals surface area contributed by atoms with Gasteiger partial charge in [0.15, 0.2) is 0 Å². The van der Waals surface area contributed by atoms with E-state index < -0.39 is 36.8 Å². The van der Waals surface area contributed by atoms with Crippen molar-refractivity contribution in [1.29, 1.82) is 0 Å². The molecule has 1 aliphatic heterocycles. The molecule has 0 aliphatic carbocycles. The molecule has 4 N–H and O–H groups in total. The van der Waals surface area contributed by atoms with E-state index in [9.17, 15) is 20.4 Å². The van der Waals surface area contributed by atoms with Crippen LogP contribution >= 0.6 is 0 Å². The third-order valence-electron chi connectivity index (χ3n) is 3.43. The van der Waals surface area contributed by atoms with Crippen LogP contribution in [0.2, 0.25) is 0 Å². The molecule has 0 radical (unpaired) electrons. The summed E-state index contributed by atoms with van der Waals surface area (Å²) in [5.74, 6) is -1.62. The van der Waals surface area contributed by atoms with Gasteiger partial charge in [-0.15, -0.1) is 0 Å². The Morgan fingerprint density at radius 2 is 1.79 bits per heavy atom. The lowest BCUT2D eigenvalue weighted by atomic mass is 9.88. The second-order valence-electron chi connectivity index (χ2n) is 4.50. The van der Waals surface area contributed by atoms with Gasteiger partial charge in [0.05, 0.1) is 6.61 Å². The number of ether oxygens (including phenoxy) is 2. The first-order valence-corrected chi connectivity index (χ1v) is 6.00. The van der Waals surface area contributed by atoms with E-state index in [1.807, 2.05) is 0 Å². The highest BCUT2D eigenvalue weighted by Crippen LogP contribution is 2.38. The first kappa shape index (κ1) is 14.4. The fourth-order valence-corrected chi connectivity index (χ4v) is 2.34. The standard InChI is InChI=1S/C13H18O6/c1-18-13(8-5-3-2-4-6-8)12(17)11(16)10(15)9(7-14)19-13/h2-6,9-12,14-17H,7H2,1H3/t9-,10-,11+,12-,13?/m1/s1. The van der Waals surface area contributed by atoms with E-state index in [1.165, 1.54) is 7.11 Å². The molecule has 0 aromatic heterocycles. The molecule has 1 aromatic rings. The smallest absolute Gasteiger partial charge is 0.224 e. The maximum absolute atomic E-state index is 10.2. The van der Waals surface area contributed by atoms with Crippen molar-refractivity contribution in [2.24, 2.45) is 0 Å². The molecule has 1 aliphatic rings. The molecule has 1 saturated heterocycles. The maximum Gasteiger partial charge on any atom is 0.224 e. The Bertz CT molecular complexity index is 409. The van der Waals surface area contributed by atoms with Crippen LogP contribution < -0.4 is 0 Å². The minimum Gasteiger partial charge on any atom is -0.394 e. The third-order valence-corrected chi connectivity index (χ3v) is 3.43. The van der Waals surface area contributed by atoms with Crippen LogP contribution in [0.15, 0.2) is 30.3 Å². The van der Waals surface area contributed by atoms with Gasteiger partial charge in [-0.1, -0.05) is 30.3 Å². The van der Waals surface area contributed by atoms with E-state index >= 15 is 0 Å². The Morgan fingerprint density at radius 3 is 2.32 bits per heavy atom. The average Bonchev–Trinajstić information content (AvgIpc) is 2.47. The molecule has 0 saturated carbocycles. The Morgan fingerprint density at radius 1 is 1.16 bits per heavy atom. The van der Waals surface area contributed by atoms with Crippen molar-refractivity contribution in [3.05, 3.63) is 35.9 Å². The molecule has 1 fully saturated rings. The lowest BCUT2D eigenvalue weighted by Crippen LogP contribution is -2.64. The molecule has 0 amide bonds. The summed E-state index contributed by atoms with van der Waals surface area (Å²) in [6.07, 6.45) is -5.38. The Hall–Kier alpha value is -1.02. The number of aliphatic hydroxyl groups excluding tert-OH is 4. The van der Waals surface area contributed by atoms with Crippen LogP contribution in [0.4, 0.5) is 0 Å². The minimum atomic E-state index is -1.62. The van der Waals surface area contributed by atoms with Crippen molar-refractivity contribution in [3.8, 4) is 0 Å². The summed E-state index contributed by atoms with van der Waals surface area (Å²) < 4.78 is 10.8. The predicted octanol–water partition coefficient (Wildman–Crippen LogP) is -1.04. The van der Waals surface area contributed by atoms with E-state index in [-0.39, 0.29) is 0 Å². The second kappa shape index (κ2) is 5.54. The first-order chi connectivity index (χ1) is 9.06. The lowest BCUT2D eigenvalue weighted by molar-refractivity contribution is -0.366. The summed E-state index contributed by atoms with van der Waals surface area (Å²) in [5, 5.41) is 39.0. The normalized spacial score (nSPS) is 39.2. The fraction of sp³-hybridized carbons (Fsp3) is 0.538. The lowest BCUT2D eigenvalue weighted by Gasteiger charge is -2.47. The number of hydrogen-bond acceptors (Lipinski definition) is 6. The van der Waals surface area contributed by atoms with Gasteiger partial charge in [0.1, 0.15) is 24.4 Å². The quantitative estimate of drug-likeness (QED) is 0.560. The molecule has 6 heteroatoms. The topological polar surface area (TPSA) is 99.4 Å². The van der Waals surface area contributed by atoms with Gasteiger partial charge in [-0.2, -0.15) is 0 Å². The zero-order valence-electron chi connectivity index (χ0n) is 10.5. The van der Waals surface area contributed by atoms with Crippen molar-refractivity contribution in [2.75, 3.05) is 13.7 Å². The molecular weight excluding hydrogens is 252 g/mol. The largest absolute Gasteiger partial charge is 0.394 e. The van der Waals surface area contributed by atoms with Gasteiger partial charge < -0.3 is 29.9 Å². The van der Waals surface area contributed by atoms with E-state index in [4.69, 9.17) is 9.47 Å². The van der Waals surface area contributed by atoms with Crippen molar-refractivity contribution < 1.29 is 29.9 Å². The first-order valence-electron chi connectivity index (χ1n) is 6.00. The molecule has 5 atom stereocenters. The van der Waals surface area contributed by atoms with Crippen molar-refractivity contribution in [1.82, 2.24) is 0 Å². The summed E-state index contributed by atoms with van der Waals surface area (Å²) in [6.45, 7) is -0.497. The van der Waals surface area contributed by atoms with Gasteiger partial charge in [-0.25, -0.2) is 0 Å². The van der Waals surface area contributed by atoms with Crippen LogP contribution in [0, 0.1) is 0 Å². The number of aliphatic hydroxyl groups is 4. The summed E-state index contributed by atoms with van der Waals surface area (Å²) in [4.78, 5) is 0. The van der Waals surface area contributed by atoms with Gasteiger partial charge in [0.2, 0.25) is 5.79 Å². The molecule has 1 aromatic carbocycles. The summed E-state index contributed by atoms with van der Waals surface area (Å²) in [6, 6.07) is 8.60. The molecule has 2 rings (SSSR count). The zero-order valence-corrected chi connectivity index (χ0v) is 10.5. The summed E-state index contributed by atoms with van der Waals surface area (Å²) >= 11 is 0. The van der Waals surface area contributed by atoms with Crippen molar-refractivity contribution in [3.63, 3.8) is 0 Å². The van der Waals surface area contributed by atoms with Crippen LogP contribution in [0.1, 0.15) is 5.56 Å². The molecule has 6 nitrogen and oxygen atoms in total. The van der Waals surface area contributed by atoms with Gasteiger partial charge in [0.25, 0.3) is 0 Å². The molecule has 19 heavy (non-hydrogen) atoms. The number of rotatable bonds is 3. The molecule has 0 bridgehead atoms. The molecular formula is C13H18O6. The predicted molar refractivity (Wildman–Crippen MR) is 65.1 cm³/mol. The van der Waals surface area contributed by atoms with E-state index in [0.29, 0.717) is 5.56 Å². The van der Waals surface area contributed by atoms with E-state index in [1.54, 1.807) is 30.3 Å². The van der Waals surface area contributed by atoms with Crippen LogP contribution in [0.3, 0.4) is 0 Å². The van der Waals surface area contributed by atoms with Crippen LogP contribution in [-0.4, -0.2) is 58.6 Å². The van der Waals surface area contributed by atoms with Crippen molar-refractivity contribution in [2.45, 2.75) is 30.2 Å².